The molecular formula is C12H20BrN3O. The molecule has 0 fully saturated rings. The van der Waals surface area contributed by atoms with Crippen LogP contribution in [0.15, 0.2) is 16.7 Å². The second kappa shape index (κ2) is 7.50. The second-order valence-corrected chi connectivity index (χ2v) is 4.71. The molecule has 0 radical (unpaired) electrons. The number of nitrogens with one attached hydrogen (secondary N) is 2. The molecule has 1 rings (SSSR count). The fourth-order valence-electron chi connectivity index (χ4n) is 1.61. The maximum absolute atomic E-state index is 11.9. The molecule has 4 nitrogen and oxygen atoms in total. The van der Waals surface area contributed by atoms with E-state index in [4.69, 9.17) is 0 Å². The van der Waals surface area contributed by atoms with E-state index in [9.17, 15) is 4.79 Å². The molecule has 5 heteroatoms. The molecule has 2 N–H and O–H groups in total. The number of nitrogens with zero attached hydrogens (tertiary/aromatic N) is 1. The zero-order valence-electron chi connectivity index (χ0n) is 10.4. The summed E-state index contributed by atoms with van der Waals surface area (Å²) in [6.07, 6.45) is 2.88. The highest BCUT2D eigenvalue weighted by molar-refractivity contribution is 9.10. The summed E-state index contributed by atoms with van der Waals surface area (Å²) in [4.78, 5) is 11.9. The Balaban J connectivity index is 2.41. The van der Waals surface area contributed by atoms with Crippen LogP contribution >= 0.6 is 15.9 Å². The van der Waals surface area contributed by atoms with E-state index in [2.05, 4.69) is 33.5 Å². The molecule has 1 amide bonds. The molecule has 0 aliphatic heterocycles. The van der Waals surface area contributed by atoms with Gasteiger partial charge in [0.15, 0.2) is 0 Å². The molecule has 0 bridgehead atoms. The highest BCUT2D eigenvalue weighted by atomic mass is 79.9. The van der Waals surface area contributed by atoms with Gasteiger partial charge in [-0.3, -0.25) is 4.79 Å². The van der Waals surface area contributed by atoms with Crippen molar-refractivity contribution in [3.8, 4) is 0 Å². The van der Waals surface area contributed by atoms with Crippen LogP contribution in [0.2, 0.25) is 0 Å². The first-order chi connectivity index (χ1) is 8.19. The topological polar surface area (TPSA) is 46.1 Å². The number of aromatic nitrogens is 1. The van der Waals surface area contributed by atoms with Gasteiger partial charge in [-0.1, -0.05) is 6.92 Å². The normalized spacial score (nSPS) is 10.5. The fraction of sp³-hybridized carbons (Fsp3) is 0.583. The third kappa shape index (κ3) is 4.52. The van der Waals surface area contributed by atoms with Crippen LogP contribution in [-0.2, 0) is 6.54 Å². The molecule has 0 spiro atoms. The minimum absolute atomic E-state index is 0.00551. The minimum Gasteiger partial charge on any atom is -0.351 e. The summed E-state index contributed by atoms with van der Waals surface area (Å²) in [6, 6.07) is 1.85. The molecule has 96 valence electrons. The van der Waals surface area contributed by atoms with E-state index < -0.39 is 0 Å². The lowest BCUT2D eigenvalue weighted by molar-refractivity contribution is 0.0944. The Morgan fingerprint density at radius 2 is 2.18 bits per heavy atom. The van der Waals surface area contributed by atoms with Crippen LogP contribution in [0.1, 0.15) is 30.8 Å². The average molecular weight is 302 g/mol. The standard InChI is InChI=1S/C12H20BrN3O/c1-3-14-6-5-7-15-12(17)11-8-10(13)9-16(11)4-2/h8-9,14H,3-7H2,1-2H3,(H,15,17). The highest BCUT2D eigenvalue weighted by Gasteiger charge is 2.11. The monoisotopic (exact) mass is 301 g/mol. The molecule has 1 aromatic heterocycles. The molecule has 0 saturated carbocycles. The first-order valence-corrected chi connectivity index (χ1v) is 6.83. The van der Waals surface area contributed by atoms with E-state index >= 15 is 0 Å². The van der Waals surface area contributed by atoms with Crippen molar-refractivity contribution in [1.29, 1.82) is 0 Å². The van der Waals surface area contributed by atoms with Crippen molar-refractivity contribution < 1.29 is 4.79 Å². The van der Waals surface area contributed by atoms with Crippen molar-refractivity contribution in [3.63, 3.8) is 0 Å². The van der Waals surface area contributed by atoms with Crippen LogP contribution in [0.3, 0.4) is 0 Å². The highest BCUT2D eigenvalue weighted by Crippen LogP contribution is 2.14. The van der Waals surface area contributed by atoms with Gasteiger partial charge >= 0.3 is 0 Å². The van der Waals surface area contributed by atoms with Crippen LogP contribution in [0.25, 0.3) is 0 Å². The Bertz CT molecular complexity index is 363. The van der Waals surface area contributed by atoms with E-state index in [0.717, 1.165) is 30.5 Å². The summed E-state index contributed by atoms with van der Waals surface area (Å²) in [6.45, 7) is 7.51. The number of hydrogen-bond acceptors (Lipinski definition) is 2. The summed E-state index contributed by atoms with van der Waals surface area (Å²) >= 11 is 3.38. The number of halogens is 1. The van der Waals surface area contributed by atoms with Gasteiger partial charge in [0.05, 0.1) is 0 Å². The first-order valence-electron chi connectivity index (χ1n) is 6.03. The Morgan fingerprint density at radius 1 is 1.41 bits per heavy atom. The molecular weight excluding hydrogens is 282 g/mol. The number of aryl methyl sites for hydroxylation is 1. The average Bonchev–Trinajstić information content (AvgIpc) is 2.70. The van der Waals surface area contributed by atoms with Crippen LogP contribution in [0.5, 0.6) is 0 Å². The number of rotatable bonds is 7. The van der Waals surface area contributed by atoms with E-state index in [1.165, 1.54) is 0 Å². The smallest absolute Gasteiger partial charge is 0.267 e. The molecule has 0 saturated heterocycles. The SMILES string of the molecule is CCNCCCNC(=O)c1cc(Br)cn1CC. The van der Waals surface area contributed by atoms with Gasteiger partial charge in [0, 0.05) is 23.8 Å². The largest absolute Gasteiger partial charge is 0.351 e. The fourth-order valence-corrected chi connectivity index (χ4v) is 2.07. The lowest BCUT2D eigenvalue weighted by atomic mass is 10.3. The van der Waals surface area contributed by atoms with Crippen molar-refractivity contribution in [1.82, 2.24) is 15.2 Å². The number of amides is 1. The van der Waals surface area contributed by atoms with Crippen molar-refractivity contribution in [2.45, 2.75) is 26.8 Å². The molecule has 0 atom stereocenters. The van der Waals surface area contributed by atoms with Gasteiger partial charge in [-0.25, -0.2) is 0 Å². The van der Waals surface area contributed by atoms with Crippen molar-refractivity contribution in [2.75, 3.05) is 19.6 Å². The molecule has 0 aromatic carbocycles. The van der Waals surface area contributed by atoms with Crippen LogP contribution in [0.4, 0.5) is 0 Å². The Kier molecular flexibility index (Phi) is 6.29. The predicted molar refractivity (Wildman–Crippen MR) is 73.3 cm³/mol. The maximum atomic E-state index is 11.9. The van der Waals surface area contributed by atoms with E-state index in [-0.39, 0.29) is 5.91 Å². The van der Waals surface area contributed by atoms with Gasteiger partial charge in [0.1, 0.15) is 5.69 Å². The quantitative estimate of drug-likeness (QED) is 0.757. The van der Waals surface area contributed by atoms with Crippen LogP contribution in [0, 0.1) is 0 Å². The Morgan fingerprint density at radius 3 is 2.82 bits per heavy atom. The first kappa shape index (κ1) is 14.3. The third-order valence-corrected chi connectivity index (χ3v) is 2.94. The molecule has 0 aliphatic rings. The van der Waals surface area contributed by atoms with Gasteiger partial charge in [-0.2, -0.15) is 0 Å². The van der Waals surface area contributed by atoms with E-state index in [0.29, 0.717) is 12.2 Å². The molecule has 0 unspecified atom stereocenters. The summed E-state index contributed by atoms with van der Waals surface area (Å²) in [5.41, 5.74) is 0.711. The Hall–Kier alpha value is -0.810. The summed E-state index contributed by atoms with van der Waals surface area (Å²) in [5, 5.41) is 6.15. The second-order valence-electron chi connectivity index (χ2n) is 3.79. The zero-order valence-corrected chi connectivity index (χ0v) is 12.0. The van der Waals surface area contributed by atoms with Crippen molar-refractivity contribution >= 4 is 21.8 Å². The van der Waals surface area contributed by atoms with E-state index in [1.807, 2.05) is 23.8 Å². The lowest BCUT2D eigenvalue weighted by Gasteiger charge is -2.07. The van der Waals surface area contributed by atoms with Gasteiger partial charge in [0.25, 0.3) is 5.91 Å². The number of carbonyl (C=O) groups excluding carboxylic acids is 1. The zero-order chi connectivity index (χ0) is 12.7. The minimum atomic E-state index is -0.00551. The Labute approximate surface area is 111 Å². The van der Waals surface area contributed by atoms with Crippen LogP contribution in [-0.4, -0.2) is 30.1 Å². The number of carbonyl (C=O) groups is 1. The predicted octanol–water partition coefficient (Wildman–Crippen LogP) is 2.00. The van der Waals surface area contributed by atoms with Gasteiger partial charge in [0.2, 0.25) is 0 Å². The third-order valence-electron chi connectivity index (χ3n) is 2.50. The van der Waals surface area contributed by atoms with E-state index in [1.54, 1.807) is 0 Å². The molecule has 0 aliphatic carbocycles. The number of hydrogen-bond donors (Lipinski definition) is 2. The molecule has 1 heterocycles. The molecule has 17 heavy (non-hydrogen) atoms. The van der Waals surface area contributed by atoms with Gasteiger partial charge in [-0.05, 0) is 48.4 Å². The van der Waals surface area contributed by atoms with Gasteiger partial charge < -0.3 is 15.2 Å². The van der Waals surface area contributed by atoms with Crippen molar-refractivity contribution in [2.24, 2.45) is 0 Å². The summed E-state index contributed by atoms with van der Waals surface area (Å²) in [7, 11) is 0. The van der Waals surface area contributed by atoms with Crippen LogP contribution < -0.4 is 10.6 Å². The maximum Gasteiger partial charge on any atom is 0.267 e. The summed E-state index contributed by atoms with van der Waals surface area (Å²) < 4.78 is 2.88. The lowest BCUT2D eigenvalue weighted by Crippen LogP contribution is -2.28. The molecule has 1 aromatic rings. The van der Waals surface area contributed by atoms with Crippen molar-refractivity contribution in [3.05, 3.63) is 22.4 Å². The summed E-state index contributed by atoms with van der Waals surface area (Å²) in [5.74, 6) is -0.00551. The van der Waals surface area contributed by atoms with Gasteiger partial charge in [-0.15, -0.1) is 0 Å².